The lowest BCUT2D eigenvalue weighted by Gasteiger charge is -2.17. The van der Waals surface area contributed by atoms with Gasteiger partial charge in [0.25, 0.3) is 0 Å². The maximum atomic E-state index is 9.07. The Morgan fingerprint density at radius 3 is 1.81 bits per heavy atom. The molecule has 0 radical (unpaired) electrons. The van der Waals surface area contributed by atoms with Crippen LogP contribution in [-0.2, 0) is 0 Å². The molecule has 0 atom stereocenters. The van der Waals surface area contributed by atoms with Gasteiger partial charge in [0, 0.05) is 0 Å². The van der Waals surface area contributed by atoms with Gasteiger partial charge in [0.2, 0.25) is 0 Å². The van der Waals surface area contributed by atoms with Gasteiger partial charge in [0.15, 0.2) is 0 Å². The van der Waals surface area contributed by atoms with Crippen LogP contribution in [0.3, 0.4) is 0 Å². The maximum Gasteiger partial charge on any atom is 0.140 e. The van der Waals surface area contributed by atoms with Crippen LogP contribution in [0, 0.1) is 11.3 Å². The summed E-state index contributed by atoms with van der Waals surface area (Å²) in [6.07, 6.45) is 0. The predicted octanol–water partition coefficient (Wildman–Crippen LogP) is 4.13. The lowest BCUT2D eigenvalue weighted by Crippen LogP contribution is -2.06. The number of benzene rings is 2. The molecule has 0 saturated carbocycles. The van der Waals surface area contributed by atoms with Gasteiger partial charge in [-0.2, -0.15) is 5.26 Å². The average Bonchev–Trinajstić information content (AvgIpc) is 2.57. The van der Waals surface area contributed by atoms with Gasteiger partial charge in [-0.15, -0.1) is 0 Å². The molecule has 0 aliphatic carbocycles. The van der Waals surface area contributed by atoms with Gasteiger partial charge in [-0.3, -0.25) is 0 Å². The van der Waals surface area contributed by atoms with E-state index in [0.29, 0.717) is 5.69 Å². The van der Waals surface area contributed by atoms with Crippen molar-refractivity contribution in [1.82, 2.24) is 4.98 Å². The summed E-state index contributed by atoms with van der Waals surface area (Å²) in [4.78, 5) is 4.48. The lowest BCUT2D eigenvalue weighted by atomic mass is 9.88. The first-order chi connectivity index (χ1) is 10.4. The van der Waals surface area contributed by atoms with Crippen molar-refractivity contribution >= 4 is 0 Å². The summed E-state index contributed by atoms with van der Waals surface area (Å²) >= 11 is 0. The molecule has 0 N–H and O–H groups in total. The molecule has 0 unspecified atom stereocenters. The van der Waals surface area contributed by atoms with Crippen molar-refractivity contribution in [3.8, 4) is 6.07 Å². The fourth-order valence-electron chi connectivity index (χ4n) is 2.50. The zero-order valence-corrected chi connectivity index (χ0v) is 11.5. The van der Waals surface area contributed by atoms with Crippen LogP contribution in [0.1, 0.15) is 28.4 Å². The van der Waals surface area contributed by atoms with E-state index in [9.17, 15) is 0 Å². The van der Waals surface area contributed by atoms with Gasteiger partial charge in [0.1, 0.15) is 11.8 Å². The number of rotatable bonds is 3. The van der Waals surface area contributed by atoms with Crippen LogP contribution in [0.2, 0.25) is 0 Å². The van der Waals surface area contributed by atoms with Gasteiger partial charge in [0.05, 0.1) is 11.6 Å². The van der Waals surface area contributed by atoms with Crippen molar-refractivity contribution in [3.63, 3.8) is 0 Å². The molecule has 0 spiro atoms. The van der Waals surface area contributed by atoms with Gasteiger partial charge >= 0.3 is 0 Å². The average molecular weight is 270 g/mol. The molecular formula is C19H14N2. The fourth-order valence-corrected chi connectivity index (χ4v) is 2.50. The summed E-state index contributed by atoms with van der Waals surface area (Å²) in [5.74, 6) is 0.0423. The molecule has 3 aromatic rings. The monoisotopic (exact) mass is 270 g/mol. The van der Waals surface area contributed by atoms with Crippen molar-refractivity contribution in [1.29, 1.82) is 5.26 Å². The van der Waals surface area contributed by atoms with Gasteiger partial charge in [-0.1, -0.05) is 66.7 Å². The molecule has 2 nitrogen and oxygen atoms in total. The minimum atomic E-state index is 0.0423. The standard InChI is InChI=1S/C19H14N2/c20-14-17-12-7-13-18(21-17)19(15-8-3-1-4-9-15)16-10-5-2-6-11-16/h1-13,19H. The van der Waals surface area contributed by atoms with E-state index in [4.69, 9.17) is 5.26 Å². The van der Waals surface area contributed by atoms with Crippen molar-refractivity contribution in [2.45, 2.75) is 5.92 Å². The Balaban J connectivity index is 2.15. The predicted molar refractivity (Wildman–Crippen MR) is 82.8 cm³/mol. The van der Waals surface area contributed by atoms with Crippen molar-refractivity contribution in [2.75, 3.05) is 0 Å². The smallest absolute Gasteiger partial charge is 0.140 e. The molecule has 21 heavy (non-hydrogen) atoms. The third-order valence-corrected chi connectivity index (χ3v) is 3.45. The highest BCUT2D eigenvalue weighted by Crippen LogP contribution is 2.30. The Hall–Kier alpha value is -2.92. The van der Waals surface area contributed by atoms with Crippen LogP contribution in [0.25, 0.3) is 0 Å². The van der Waals surface area contributed by atoms with E-state index in [1.807, 2.05) is 48.5 Å². The number of nitriles is 1. The highest BCUT2D eigenvalue weighted by atomic mass is 14.7. The molecule has 0 aliphatic heterocycles. The third kappa shape index (κ3) is 2.82. The molecule has 0 aliphatic rings. The van der Waals surface area contributed by atoms with Crippen LogP contribution in [0.4, 0.5) is 0 Å². The molecule has 0 saturated heterocycles. The van der Waals surface area contributed by atoms with Crippen LogP contribution < -0.4 is 0 Å². The molecule has 3 rings (SSSR count). The van der Waals surface area contributed by atoms with Crippen LogP contribution >= 0.6 is 0 Å². The molecule has 0 fully saturated rings. The highest BCUT2D eigenvalue weighted by Gasteiger charge is 2.17. The van der Waals surface area contributed by atoms with Gasteiger partial charge in [-0.05, 0) is 23.3 Å². The van der Waals surface area contributed by atoms with Gasteiger partial charge < -0.3 is 0 Å². The summed E-state index contributed by atoms with van der Waals surface area (Å²) in [6, 6.07) is 28.2. The van der Waals surface area contributed by atoms with E-state index in [1.54, 1.807) is 6.07 Å². The van der Waals surface area contributed by atoms with E-state index in [-0.39, 0.29) is 5.92 Å². The van der Waals surface area contributed by atoms with E-state index >= 15 is 0 Å². The molecule has 1 aromatic heterocycles. The Morgan fingerprint density at radius 2 is 1.29 bits per heavy atom. The second-order valence-corrected chi connectivity index (χ2v) is 4.81. The maximum absolute atomic E-state index is 9.07. The summed E-state index contributed by atoms with van der Waals surface area (Å²) in [6.45, 7) is 0. The topological polar surface area (TPSA) is 36.7 Å². The Bertz CT molecular complexity index is 719. The Kier molecular flexibility index (Phi) is 3.75. The normalized spacial score (nSPS) is 10.3. The van der Waals surface area contributed by atoms with Crippen LogP contribution in [0.5, 0.6) is 0 Å². The molecule has 2 aromatic carbocycles. The summed E-state index contributed by atoms with van der Waals surface area (Å²) in [5.41, 5.74) is 3.69. The largest absolute Gasteiger partial charge is 0.241 e. The number of hydrogen-bond acceptors (Lipinski definition) is 2. The van der Waals surface area contributed by atoms with Crippen molar-refractivity contribution < 1.29 is 0 Å². The van der Waals surface area contributed by atoms with E-state index in [0.717, 1.165) is 5.69 Å². The van der Waals surface area contributed by atoms with E-state index in [2.05, 4.69) is 35.3 Å². The van der Waals surface area contributed by atoms with Crippen molar-refractivity contribution in [3.05, 3.63) is 101 Å². The summed E-state index contributed by atoms with van der Waals surface area (Å²) in [5, 5.41) is 9.07. The zero-order valence-electron chi connectivity index (χ0n) is 11.5. The van der Waals surface area contributed by atoms with E-state index < -0.39 is 0 Å². The van der Waals surface area contributed by atoms with Crippen LogP contribution in [0.15, 0.2) is 78.9 Å². The summed E-state index contributed by atoms with van der Waals surface area (Å²) in [7, 11) is 0. The summed E-state index contributed by atoms with van der Waals surface area (Å²) < 4.78 is 0. The number of pyridine rings is 1. The first-order valence-electron chi connectivity index (χ1n) is 6.85. The number of aromatic nitrogens is 1. The second kappa shape index (κ2) is 6.02. The van der Waals surface area contributed by atoms with Crippen molar-refractivity contribution in [2.24, 2.45) is 0 Å². The molecule has 1 heterocycles. The molecule has 100 valence electrons. The number of hydrogen-bond donors (Lipinski definition) is 0. The van der Waals surface area contributed by atoms with E-state index in [1.165, 1.54) is 11.1 Å². The lowest BCUT2D eigenvalue weighted by molar-refractivity contribution is 0.913. The molecule has 0 bridgehead atoms. The minimum Gasteiger partial charge on any atom is -0.241 e. The second-order valence-electron chi connectivity index (χ2n) is 4.81. The highest BCUT2D eigenvalue weighted by molar-refractivity contribution is 5.41. The fraction of sp³-hybridized carbons (Fsp3) is 0.0526. The Morgan fingerprint density at radius 1 is 0.714 bits per heavy atom. The SMILES string of the molecule is N#Cc1cccc(C(c2ccccc2)c2ccccc2)n1. The number of nitrogens with zero attached hydrogens (tertiary/aromatic N) is 2. The first kappa shape index (κ1) is 13.1. The van der Waals surface area contributed by atoms with Gasteiger partial charge in [-0.25, -0.2) is 4.98 Å². The molecule has 2 heteroatoms. The zero-order chi connectivity index (χ0) is 14.5. The molecule has 0 amide bonds. The minimum absolute atomic E-state index is 0.0423. The third-order valence-electron chi connectivity index (χ3n) is 3.45. The van der Waals surface area contributed by atoms with Crippen LogP contribution in [-0.4, -0.2) is 4.98 Å². The molecular weight excluding hydrogens is 256 g/mol. The Labute approximate surface area is 124 Å². The first-order valence-corrected chi connectivity index (χ1v) is 6.85. The quantitative estimate of drug-likeness (QED) is 0.717.